The fourth-order valence-corrected chi connectivity index (χ4v) is 5.45. The number of aromatic nitrogens is 1. The van der Waals surface area contributed by atoms with E-state index >= 15 is 0 Å². The SMILES string of the molecule is CCOC(=O)N1CCC2(CC(N3CCC(c4cc(C)cnc4OC)CC3)C2)C1. The summed E-state index contributed by atoms with van der Waals surface area (Å²) in [5, 5.41) is 0. The number of nitrogens with zero attached hydrogens (tertiary/aromatic N) is 3. The highest BCUT2D eigenvalue weighted by Crippen LogP contribution is 2.51. The molecule has 6 heteroatoms. The maximum Gasteiger partial charge on any atom is 0.409 e. The number of methoxy groups -OCH3 is 1. The average molecular weight is 388 g/mol. The van der Waals surface area contributed by atoms with Crippen LogP contribution in [0.5, 0.6) is 5.88 Å². The highest BCUT2D eigenvalue weighted by molar-refractivity contribution is 5.68. The summed E-state index contributed by atoms with van der Waals surface area (Å²) in [6.07, 6.45) is 7.66. The lowest BCUT2D eigenvalue weighted by Crippen LogP contribution is -2.54. The molecule has 6 nitrogen and oxygen atoms in total. The molecule has 1 amide bonds. The zero-order valence-electron chi connectivity index (χ0n) is 17.4. The van der Waals surface area contributed by atoms with Gasteiger partial charge in [0.25, 0.3) is 0 Å². The van der Waals surface area contributed by atoms with Crippen molar-refractivity contribution < 1.29 is 14.3 Å². The predicted octanol–water partition coefficient (Wildman–Crippen LogP) is 3.59. The van der Waals surface area contributed by atoms with E-state index in [1.54, 1.807) is 7.11 Å². The molecule has 0 atom stereocenters. The number of carbonyl (C=O) groups excluding carboxylic acids is 1. The standard InChI is InChI=1S/C22H33N3O3/c1-4-28-21(26)25-10-7-22(15-25)12-18(13-22)24-8-5-17(6-9-24)19-11-16(2)14-23-20(19)27-3/h11,14,17-18H,4-10,12-13,15H2,1-3H3. The van der Waals surface area contributed by atoms with Gasteiger partial charge in [-0.25, -0.2) is 9.78 Å². The highest BCUT2D eigenvalue weighted by atomic mass is 16.6. The van der Waals surface area contributed by atoms with Crippen LogP contribution in [0, 0.1) is 12.3 Å². The molecular formula is C22H33N3O3. The minimum atomic E-state index is -0.135. The monoisotopic (exact) mass is 387 g/mol. The van der Waals surface area contributed by atoms with Gasteiger partial charge in [0, 0.05) is 30.9 Å². The van der Waals surface area contributed by atoms with Crippen LogP contribution in [0.3, 0.4) is 0 Å². The minimum Gasteiger partial charge on any atom is -0.481 e. The van der Waals surface area contributed by atoms with Gasteiger partial charge in [0.05, 0.1) is 13.7 Å². The normalized spacial score (nSPS) is 28.4. The van der Waals surface area contributed by atoms with Crippen molar-refractivity contribution in [2.75, 3.05) is 39.9 Å². The molecule has 3 aliphatic rings. The van der Waals surface area contributed by atoms with Crippen LogP contribution in [-0.2, 0) is 4.74 Å². The second kappa shape index (κ2) is 7.90. The zero-order chi connectivity index (χ0) is 19.7. The summed E-state index contributed by atoms with van der Waals surface area (Å²) in [4.78, 5) is 21.0. The van der Waals surface area contributed by atoms with E-state index in [0.717, 1.165) is 38.5 Å². The summed E-state index contributed by atoms with van der Waals surface area (Å²) in [6, 6.07) is 2.92. The molecule has 0 bridgehead atoms. The maximum atomic E-state index is 12.0. The van der Waals surface area contributed by atoms with Crippen molar-refractivity contribution in [3.8, 4) is 5.88 Å². The van der Waals surface area contributed by atoms with Crippen LogP contribution in [-0.4, -0.2) is 66.8 Å². The van der Waals surface area contributed by atoms with Crippen LogP contribution < -0.4 is 4.74 Å². The van der Waals surface area contributed by atoms with Gasteiger partial charge >= 0.3 is 6.09 Å². The number of likely N-dealkylation sites (tertiary alicyclic amines) is 2. The van der Waals surface area contributed by atoms with Gasteiger partial charge < -0.3 is 19.3 Å². The number of hydrogen-bond acceptors (Lipinski definition) is 5. The second-order valence-electron chi connectivity index (χ2n) is 8.85. The summed E-state index contributed by atoms with van der Waals surface area (Å²) in [5.41, 5.74) is 2.82. The molecule has 2 aliphatic heterocycles. The van der Waals surface area contributed by atoms with E-state index in [-0.39, 0.29) is 6.09 Å². The molecule has 1 saturated carbocycles. The van der Waals surface area contributed by atoms with Crippen LogP contribution in [0.25, 0.3) is 0 Å². The molecule has 1 aliphatic carbocycles. The van der Waals surface area contributed by atoms with Gasteiger partial charge in [0.2, 0.25) is 5.88 Å². The van der Waals surface area contributed by atoms with Crippen molar-refractivity contribution in [1.29, 1.82) is 0 Å². The van der Waals surface area contributed by atoms with E-state index in [4.69, 9.17) is 9.47 Å². The van der Waals surface area contributed by atoms with Gasteiger partial charge in [-0.3, -0.25) is 0 Å². The number of aryl methyl sites for hydroxylation is 1. The Morgan fingerprint density at radius 2 is 2.04 bits per heavy atom. The molecule has 0 radical (unpaired) electrons. The Kier molecular flexibility index (Phi) is 5.50. The molecule has 3 fully saturated rings. The fourth-order valence-electron chi connectivity index (χ4n) is 5.45. The minimum absolute atomic E-state index is 0.135. The van der Waals surface area contributed by atoms with E-state index in [0.29, 0.717) is 24.0 Å². The molecule has 0 aromatic carbocycles. The molecule has 2 saturated heterocycles. The third-order valence-corrected chi connectivity index (χ3v) is 7.00. The second-order valence-corrected chi connectivity index (χ2v) is 8.85. The summed E-state index contributed by atoms with van der Waals surface area (Å²) in [6.45, 7) is 8.45. The van der Waals surface area contributed by atoms with Crippen molar-refractivity contribution in [1.82, 2.24) is 14.8 Å². The number of carbonyl (C=O) groups is 1. The molecule has 3 heterocycles. The van der Waals surface area contributed by atoms with Crippen LogP contribution in [0.1, 0.15) is 56.1 Å². The Labute approximate surface area is 168 Å². The van der Waals surface area contributed by atoms with Crippen LogP contribution in [0.4, 0.5) is 4.79 Å². The highest BCUT2D eigenvalue weighted by Gasteiger charge is 2.51. The first kappa shape index (κ1) is 19.5. The molecule has 0 N–H and O–H groups in total. The van der Waals surface area contributed by atoms with E-state index in [2.05, 4.69) is 22.9 Å². The molecule has 154 valence electrons. The lowest BCUT2D eigenvalue weighted by Gasteiger charge is -2.51. The van der Waals surface area contributed by atoms with Crippen molar-refractivity contribution in [3.63, 3.8) is 0 Å². The van der Waals surface area contributed by atoms with Gasteiger partial charge in [-0.2, -0.15) is 0 Å². The third-order valence-electron chi connectivity index (χ3n) is 7.00. The van der Waals surface area contributed by atoms with Gasteiger partial charge in [-0.15, -0.1) is 0 Å². The van der Waals surface area contributed by atoms with Crippen molar-refractivity contribution in [2.45, 2.75) is 57.9 Å². The van der Waals surface area contributed by atoms with E-state index in [1.807, 2.05) is 18.0 Å². The lowest BCUT2D eigenvalue weighted by molar-refractivity contribution is -0.00482. The number of pyridine rings is 1. The summed E-state index contributed by atoms with van der Waals surface area (Å²) >= 11 is 0. The Morgan fingerprint density at radius 3 is 2.71 bits per heavy atom. The molecule has 4 rings (SSSR count). The summed E-state index contributed by atoms with van der Waals surface area (Å²) in [5.74, 6) is 1.33. The molecule has 0 unspecified atom stereocenters. The molecule has 1 aromatic heterocycles. The number of amides is 1. The van der Waals surface area contributed by atoms with Crippen LogP contribution in [0.15, 0.2) is 12.3 Å². The van der Waals surface area contributed by atoms with E-state index in [1.165, 1.54) is 36.8 Å². The van der Waals surface area contributed by atoms with Gasteiger partial charge in [0.15, 0.2) is 0 Å². The Morgan fingerprint density at radius 1 is 1.29 bits per heavy atom. The fraction of sp³-hybridized carbons (Fsp3) is 0.727. The van der Waals surface area contributed by atoms with Gasteiger partial charge in [0.1, 0.15) is 0 Å². The smallest absolute Gasteiger partial charge is 0.409 e. The predicted molar refractivity (Wildman–Crippen MR) is 108 cm³/mol. The van der Waals surface area contributed by atoms with Crippen LogP contribution >= 0.6 is 0 Å². The molecule has 1 spiro atoms. The lowest BCUT2D eigenvalue weighted by atomic mass is 9.64. The largest absolute Gasteiger partial charge is 0.481 e. The van der Waals surface area contributed by atoms with Gasteiger partial charge in [-0.05, 0) is 82.0 Å². The Hall–Kier alpha value is -1.82. The van der Waals surface area contributed by atoms with Crippen molar-refractivity contribution in [2.24, 2.45) is 5.41 Å². The topological polar surface area (TPSA) is 54.9 Å². The number of rotatable bonds is 4. The van der Waals surface area contributed by atoms with E-state index in [9.17, 15) is 4.79 Å². The molecular weight excluding hydrogens is 354 g/mol. The number of ether oxygens (including phenoxy) is 2. The molecule has 28 heavy (non-hydrogen) atoms. The van der Waals surface area contributed by atoms with Gasteiger partial charge in [-0.1, -0.05) is 0 Å². The first-order valence-electron chi connectivity index (χ1n) is 10.7. The van der Waals surface area contributed by atoms with Crippen LogP contribution in [0.2, 0.25) is 0 Å². The van der Waals surface area contributed by atoms with E-state index < -0.39 is 0 Å². The number of hydrogen-bond donors (Lipinski definition) is 0. The summed E-state index contributed by atoms with van der Waals surface area (Å²) < 4.78 is 10.7. The Bertz CT molecular complexity index is 709. The van der Waals surface area contributed by atoms with Crippen molar-refractivity contribution in [3.05, 3.63) is 23.4 Å². The van der Waals surface area contributed by atoms with Crippen molar-refractivity contribution >= 4 is 6.09 Å². The maximum absolute atomic E-state index is 12.0. The third kappa shape index (κ3) is 3.71. The first-order chi connectivity index (χ1) is 13.5. The summed E-state index contributed by atoms with van der Waals surface area (Å²) in [7, 11) is 1.71. The zero-order valence-corrected chi connectivity index (χ0v) is 17.4. The number of piperidine rings is 1. The quantitative estimate of drug-likeness (QED) is 0.790. The Balaban J connectivity index is 1.28. The first-order valence-corrected chi connectivity index (χ1v) is 10.7. The average Bonchev–Trinajstić information content (AvgIpc) is 3.13. The molecule has 1 aromatic rings.